The highest BCUT2D eigenvalue weighted by molar-refractivity contribution is 7.08. The third-order valence-corrected chi connectivity index (χ3v) is 3.69. The van der Waals surface area contributed by atoms with Crippen LogP contribution in [0.4, 0.5) is 5.69 Å². The zero-order valence-corrected chi connectivity index (χ0v) is 12.6. The molecule has 0 bridgehead atoms. The lowest BCUT2D eigenvalue weighted by Gasteiger charge is -2.08. The molecule has 2 aromatic heterocycles. The van der Waals surface area contributed by atoms with Gasteiger partial charge in [-0.15, -0.1) is 0 Å². The van der Waals surface area contributed by atoms with Crippen molar-refractivity contribution in [1.82, 2.24) is 10.1 Å². The van der Waals surface area contributed by atoms with Crippen LogP contribution < -0.4 is 5.32 Å². The number of esters is 1. The van der Waals surface area contributed by atoms with Crippen LogP contribution in [0.1, 0.15) is 16.2 Å². The normalized spacial score (nSPS) is 10.4. The SMILES string of the molecule is COC(=O)c1ccccc1NCc1nc(-c2ccsc2)no1. The molecule has 6 nitrogen and oxygen atoms in total. The van der Waals surface area contributed by atoms with Crippen molar-refractivity contribution in [2.45, 2.75) is 6.54 Å². The fourth-order valence-electron chi connectivity index (χ4n) is 1.93. The minimum absolute atomic E-state index is 0.325. The van der Waals surface area contributed by atoms with Gasteiger partial charge >= 0.3 is 5.97 Å². The first-order valence-corrected chi connectivity index (χ1v) is 7.48. The number of methoxy groups -OCH3 is 1. The molecule has 0 aliphatic carbocycles. The molecule has 1 N–H and O–H groups in total. The Kier molecular flexibility index (Phi) is 4.15. The van der Waals surface area contributed by atoms with Crippen molar-refractivity contribution in [2.75, 3.05) is 12.4 Å². The summed E-state index contributed by atoms with van der Waals surface area (Å²) in [5.41, 5.74) is 2.04. The highest BCUT2D eigenvalue weighted by Gasteiger charge is 2.13. The van der Waals surface area contributed by atoms with Gasteiger partial charge in [0.15, 0.2) is 0 Å². The molecule has 0 saturated carbocycles. The average molecular weight is 315 g/mol. The van der Waals surface area contributed by atoms with Gasteiger partial charge in [0.2, 0.25) is 11.7 Å². The Bertz CT molecular complexity index is 768. The van der Waals surface area contributed by atoms with E-state index in [2.05, 4.69) is 15.5 Å². The van der Waals surface area contributed by atoms with Gasteiger partial charge < -0.3 is 14.6 Å². The van der Waals surface area contributed by atoms with E-state index in [0.29, 0.717) is 29.5 Å². The van der Waals surface area contributed by atoms with Crippen LogP contribution in [-0.2, 0) is 11.3 Å². The van der Waals surface area contributed by atoms with Crippen LogP contribution in [0.2, 0.25) is 0 Å². The lowest BCUT2D eigenvalue weighted by atomic mass is 10.2. The molecule has 0 aliphatic rings. The highest BCUT2D eigenvalue weighted by atomic mass is 32.1. The number of nitrogens with one attached hydrogen (secondary N) is 1. The maximum Gasteiger partial charge on any atom is 0.339 e. The molecule has 112 valence electrons. The number of thiophene rings is 1. The molecule has 2 heterocycles. The number of anilines is 1. The van der Waals surface area contributed by atoms with Crippen molar-refractivity contribution >= 4 is 23.0 Å². The quantitative estimate of drug-likeness (QED) is 0.729. The molecule has 3 aromatic rings. The second-order valence-electron chi connectivity index (χ2n) is 4.41. The van der Waals surface area contributed by atoms with Gasteiger partial charge in [-0.25, -0.2) is 4.79 Å². The van der Waals surface area contributed by atoms with E-state index in [9.17, 15) is 4.79 Å². The van der Waals surface area contributed by atoms with Crippen LogP contribution in [0.15, 0.2) is 45.6 Å². The molecule has 0 radical (unpaired) electrons. The minimum atomic E-state index is -0.396. The van der Waals surface area contributed by atoms with Crippen molar-refractivity contribution in [3.63, 3.8) is 0 Å². The number of rotatable bonds is 5. The zero-order valence-electron chi connectivity index (χ0n) is 11.8. The number of para-hydroxylation sites is 1. The molecule has 0 aliphatic heterocycles. The summed E-state index contributed by atoms with van der Waals surface area (Å²) in [5.74, 6) is 0.604. The van der Waals surface area contributed by atoms with Crippen LogP contribution in [0.5, 0.6) is 0 Å². The second kappa shape index (κ2) is 6.40. The lowest BCUT2D eigenvalue weighted by Crippen LogP contribution is -2.08. The summed E-state index contributed by atoms with van der Waals surface area (Å²) in [6, 6.07) is 9.03. The van der Waals surface area contributed by atoms with Crippen LogP contribution >= 0.6 is 11.3 Å². The maximum atomic E-state index is 11.7. The van der Waals surface area contributed by atoms with Crippen molar-refractivity contribution in [2.24, 2.45) is 0 Å². The smallest absolute Gasteiger partial charge is 0.339 e. The molecular formula is C15H13N3O3S. The van der Waals surface area contributed by atoms with Crippen molar-refractivity contribution in [3.05, 3.63) is 52.5 Å². The van der Waals surface area contributed by atoms with Crippen molar-refractivity contribution in [1.29, 1.82) is 0 Å². The lowest BCUT2D eigenvalue weighted by molar-refractivity contribution is 0.0602. The van der Waals surface area contributed by atoms with Gasteiger partial charge in [0, 0.05) is 16.6 Å². The molecule has 0 saturated heterocycles. The van der Waals surface area contributed by atoms with Crippen LogP contribution in [-0.4, -0.2) is 23.2 Å². The third kappa shape index (κ3) is 2.99. The number of ether oxygens (including phenoxy) is 1. The van der Waals surface area contributed by atoms with Gasteiger partial charge in [-0.3, -0.25) is 0 Å². The van der Waals surface area contributed by atoms with E-state index < -0.39 is 5.97 Å². The first-order valence-electron chi connectivity index (χ1n) is 6.54. The number of hydrogen-bond donors (Lipinski definition) is 1. The fraction of sp³-hybridized carbons (Fsp3) is 0.133. The topological polar surface area (TPSA) is 77.2 Å². The van der Waals surface area contributed by atoms with E-state index in [1.807, 2.05) is 22.9 Å². The predicted molar refractivity (Wildman–Crippen MR) is 82.7 cm³/mol. The Balaban J connectivity index is 1.72. The van der Waals surface area contributed by atoms with Gasteiger partial charge in [0.05, 0.1) is 19.2 Å². The summed E-state index contributed by atoms with van der Waals surface area (Å²) >= 11 is 1.57. The fourth-order valence-corrected chi connectivity index (χ4v) is 2.57. The molecule has 0 fully saturated rings. The largest absolute Gasteiger partial charge is 0.465 e. The summed E-state index contributed by atoms with van der Waals surface area (Å²) in [6.45, 7) is 0.325. The number of aromatic nitrogens is 2. The minimum Gasteiger partial charge on any atom is -0.465 e. The Morgan fingerprint density at radius 3 is 3.00 bits per heavy atom. The van der Waals surface area contributed by atoms with Gasteiger partial charge in [-0.2, -0.15) is 16.3 Å². The first kappa shape index (κ1) is 14.3. The van der Waals surface area contributed by atoms with E-state index >= 15 is 0 Å². The Labute approximate surface area is 130 Å². The maximum absolute atomic E-state index is 11.7. The number of carbonyl (C=O) groups is 1. The van der Waals surface area contributed by atoms with Gasteiger partial charge in [0.25, 0.3) is 0 Å². The van der Waals surface area contributed by atoms with Crippen LogP contribution in [0.3, 0.4) is 0 Å². The monoisotopic (exact) mass is 315 g/mol. The summed E-state index contributed by atoms with van der Waals surface area (Å²) in [6.07, 6.45) is 0. The number of nitrogens with zero attached hydrogens (tertiary/aromatic N) is 2. The van der Waals surface area contributed by atoms with Crippen LogP contribution in [0, 0.1) is 0 Å². The average Bonchev–Trinajstić information content (AvgIpc) is 3.23. The molecule has 0 amide bonds. The van der Waals surface area contributed by atoms with E-state index in [0.717, 1.165) is 5.56 Å². The standard InChI is InChI=1S/C15H13N3O3S/c1-20-15(19)11-4-2-3-5-12(11)16-8-13-17-14(18-21-13)10-6-7-22-9-10/h2-7,9,16H,8H2,1H3. The summed E-state index contributed by atoms with van der Waals surface area (Å²) in [7, 11) is 1.35. The number of benzene rings is 1. The van der Waals surface area contributed by atoms with Gasteiger partial charge in [0.1, 0.15) is 0 Å². The molecular weight excluding hydrogens is 302 g/mol. The Morgan fingerprint density at radius 1 is 1.36 bits per heavy atom. The first-order chi connectivity index (χ1) is 10.8. The molecule has 22 heavy (non-hydrogen) atoms. The molecule has 0 unspecified atom stereocenters. The van der Waals surface area contributed by atoms with Gasteiger partial charge in [-0.1, -0.05) is 17.3 Å². The Morgan fingerprint density at radius 2 is 2.23 bits per heavy atom. The van der Waals surface area contributed by atoms with Crippen molar-refractivity contribution in [3.8, 4) is 11.4 Å². The predicted octanol–water partition coefficient (Wildman–Crippen LogP) is 3.20. The number of hydrogen-bond acceptors (Lipinski definition) is 7. The summed E-state index contributed by atoms with van der Waals surface area (Å²) in [5, 5.41) is 11.0. The second-order valence-corrected chi connectivity index (χ2v) is 5.19. The molecule has 1 aromatic carbocycles. The molecule has 0 atom stereocenters. The number of carbonyl (C=O) groups excluding carboxylic acids is 1. The van der Waals surface area contributed by atoms with E-state index in [-0.39, 0.29) is 0 Å². The van der Waals surface area contributed by atoms with Crippen molar-refractivity contribution < 1.29 is 14.1 Å². The zero-order chi connectivity index (χ0) is 15.4. The van der Waals surface area contributed by atoms with E-state index in [1.165, 1.54) is 7.11 Å². The van der Waals surface area contributed by atoms with Crippen LogP contribution in [0.25, 0.3) is 11.4 Å². The van der Waals surface area contributed by atoms with E-state index in [4.69, 9.17) is 9.26 Å². The third-order valence-electron chi connectivity index (χ3n) is 3.01. The Hall–Kier alpha value is -2.67. The molecule has 0 spiro atoms. The highest BCUT2D eigenvalue weighted by Crippen LogP contribution is 2.20. The van der Waals surface area contributed by atoms with E-state index in [1.54, 1.807) is 29.5 Å². The molecule has 7 heteroatoms. The molecule has 3 rings (SSSR count). The summed E-state index contributed by atoms with van der Waals surface area (Å²) in [4.78, 5) is 16.0. The van der Waals surface area contributed by atoms with Gasteiger partial charge in [-0.05, 0) is 23.6 Å². The summed E-state index contributed by atoms with van der Waals surface area (Å²) < 4.78 is 9.95.